The summed E-state index contributed by atoms with van der Waals surface area (Å²) in [6, 6.07) is 7.35. The molecule has 9 nitrogen and oxygen atoms in total. The number of carboxylic acid groups (broad SMARTS) is 1. The van der Waals surface area contributed by atoms with Crippen LogP contribution >= 0.6 is 23.2 Å². The number of likely N-dealkylation sites (tertiary alicyclic amines) is 2. The molecule has 2 unspecified atom stereocenters. The summed E-state index contributed by atoms with van der Waals surface area (Å²) >= 11 is 12.8. The molecular formula is C33H35Cl2FN6O3. The van der Waals surface area contributed by atoms with E-state index in [2.05, 4.69) is 26.8 Å². The molecule has 4 aromatic rings. The molecule has 45 heavy (non-hydrogen) atoms. The van der Waals surface area contributed by atoms with E-state index in [1.807, 2.05) is 13.0 Å². The Kier molecular flexibility index (Phi) is 7.13. The number of hydrogen-bond donors (Lipinski definition) is 2. The second-order valence-corrected chi connectivity index (χ2v) is 13.8. The summed E-state index contributed by atoms with van der Waals surface area (Å²) < 4.78 is 25.7. The van der Waals surface area contributed by atoms with Gasteiger partial charge in [0.1, 0.15) is 17.3 Å². The zero-order valence-corrected chi connectivity index (χ0v) is 26.7. The van der Waals surface area contributed by atoms with Crippen LogP contribution in [0.4, 0.5) is 9.18 Å². The third-order valence-corrected chi connectivity index (χ3v) is 11.4. The molecular weight excluding hydrogens is 618 g/mol. The Morgan fingerprint density at radius 3 is 2.73 bits per heavy atom. The fraction of sp³-hybridized carbons (Fsp3) is 0.485. The Bertz CT molecular complexity index is 1840. The van der Waals surface area contributed by atoms with Crippen molar-refractivity contribution in [1.82, 2.24) is 29.7 Å². The van der Waals surface area contributed by atoms with E-state index in [4.69, 9.17) is 32.9 Å². The van der Waals surface area contributed by atoms with Gasteiger partial charge in [0, 0.05) is 48.0 Å². The first-order valence-electron chi connectivity index (χ1n) is 15.8. The number of ether oxygens (including phenoxy) is 1. The third-order valence-electron chi connectivity index (χ3n) is 10.6. The van der Waals surface area contributed by atoms with Crippen LogP contribution in [-0.2, 0) is 0 Å². The lowest BCUT2D eigenvalue weighted by molar-refractivity contribution is 0.119. The lowest BCUT2D eigenvalue weighted by Gasteiger charge is -2.39. The van der Waals surface area contributed by atoms with E-state index in [0.29, 0.717) is 40.7 Å². The summed E-state index contributed by atoms with van der Waals surface area (Å²) in [6.07, 6.45) is 5.17. The van der Waals surface area contributed by atoms with E-state index in [0.717, 1.165) is 55.4 Å². The molecule has 3 aromatic heterocycles. The maximum atomic E-state index is 16.7. The van der Waals surface area contributed by atoms with Crippen molar-refractivity contribution in [3.8, 4) is 17.1 Å². The highest BCUT2D eigenvalue weighted by Gasteiger charge is 2.50. The van der Waals surface area contributed by atoms with Crippen LogP contribution in [0.15, 0.2) is 30.5 Å². The first kappa shape index (κ1) is 29.2. The minimum atomic E-state index is -0.933. The smallest absolute Gasteiger partial charge is 0.407 e. The minimum absolute atomic E-state index is 0.0629. The molecule has 4 aliphatic heterocycles. The number of benzene rings is 1. The van der Waals surface area contributed by atoms with Gasteiger partial charge in [-0.1, -0.05) is 35.3 Å². The standard InChI is InChI=1S/C33H35Cl2FN6O3/c1-16(23-8-4-10-40(23)2)45-32-19-13-25(24-9-5-11-41(24)33(43)44)42(30-17-12-22(30)37-14-17)31(19)20-15-38-28(27(36)29(20)39-32)18-6-3-7-21(34)26(18)35/h3,6-7,13,15-17,22-24,30,37H,4-5,8-12,14H2,1-2H3,(H,43,44)/t16-,17+,22+,23?,24?,30-/m0/s1. The lowest BCUT2D eigenvalue weighted by atomic mass is 9.79. The molecule has 4 saturated heterocycles. The van der Waals surface area contributed by atoms with E-state index < -0.39 is 11.9 Å². The highest BCUT2D eigenvalue weighted by Crippen LogP contribution is 2.51. The predicted octanol–water partition coefficient (Wildman–Crippen LogP) is 6.91. The van der Waals surface area contributed by atoms with Crippen molar-refractivity contribution < 1.29 is 19.0 Å². The average molecular weight is 654 g/mol. The summed E-state index contributed by atoms with van der Waals surface area (Å²) in [7, 11) is 2.10. The molecule has 1 aliphatic carbocycles. The quantitative estimate of drug-likeness (QED) is 0.234. The molecule has 1 saturated carbocycles. The van der Waals surface area contributed by atoms with Crippen LogP contribution in [-0.4, -0.2) is 80.4 Å². The van der Waals surface area contributed by atoms with Gasteiger partial charge in [0.05, 0.1) is 33.0 Å². The highest BCUT2D eigenvalue weighted by atomic mass is 35.5. The average Bonchev–Trinajstić information content (AvgIpc) is 3.83. The highest BCUT2D eigenvalue weighted by molar-refractivity contribution is 6.43. The normalized spacial score (nSPS) is 27.0. The Morgan fingerprint density at radius 1 is 1.20 bits per heavy atom. The molecule has 1 aromatic carbocycles. The Hall–Kier alpha value is -3.18. The summed E-state index contributed by atoms with van der Waals surface area (Å²) in [5, 5.41) is 15.6. The molecule has 236 valence electrons. The van der Waals surface area contributed by atoms with Crippen LogP contribution < -0.4 is 10.1 Å². The van der Waals surface area contributed by atoms with Gasteiger partial charge in [-0.2, -0.15) is 0 Å². The molecule has 0 spiro atoms. The van der Waals surface area contributed by atoms with E-state index in [9.17, 15) is 9.90 Å². The number of fused-ring (bicyclic) bond motifs is 4. The number of likely N-dealkylation sites (N-methyl/N-ethyl adjacent to an activating group) is 1. The molecule has 5 fully saturated rings. The largest absolute Gasteiger partial charge is 0.472 e. The molecule has 0 radical (unpaired) electrons. The van der Waals surface area contributed by atoms with Crippen molar-refractivity contribution in [3.63, 3.8) is 0 Å². The molecule has 2 bridgehead atoms. The Labute approximate surface area is 270 Å². The number of nitrogens with one attached hydrogen (secondary N) is 1. The fourth-order valence-corrected chi connectivity index (χ4v) is 8.76. The van der Waals surface area contributed by atoms with E-state index in [1.54, 1.807) is 24.4 Å². The maximum Gasteiger partial charge on any atom is 0.407 e. The predicted molar refractivity (Wildman–Crippen MR) is 172 cm³/mol. The van der Waals surface area contributed by atoms with Crippen molar-refractivity contribution in [2.45, 2.75) is 69.3 Å². The summed E-state index contributed by atoms with van der Waals surface area (Å²) in [6.45, 7) is 4.41. The van der Waals surface area contributed by atoms with Crippen LogP contribution in [0.5, 0.6) is 5.88 Å². The van der Waals surface area contributed by atoms with Gasteiger partial charge in [-0.05, 0) is 70.7 Å². The zero-order chi connectivity index (χ0) is 31.1. The monoisotopic (exact) mass is 652 g/mol. The maximum absolute atomic E-state index is 16.7. The number of hydrogen-bond acceptors (Lipinski definition) is 6. The van der Waals surface area contributed by atoms with Crippen LogP contribution in [0, 0.1) is 11.7 Å². The van der Waals surface area contributed by atoms with E-state index in [-0.39, 0.29) is 46.5 Å². The number of nitrogens with zero attached hydrogens (tertiary/aromatic N) is 5. The molecule has 7 heterocycles. The number of rotatable bonds is 6. The van der Waals surface area contributed by atoms with E-state index in [1.165, 1.54) is 4.90 Å². The van der Waals surface area contributed by atoms with Gasteiger partial charge in [-0.3, -0.25) is 14.8 Å². The third kappa shape index (κ3) is 4.51. The van der Waals surface area contributed by atoms with Crippen molar-refractivity contribution >= 4 is 51.1 Å². The number of amides is 1. The lowest BCUT2D eigenvalue weighted by Crippen LogP contribution is -2.40. The van der Waals surface area contributed by atoms with Crippen molar-refractivity contribution in [2.75, 3.05) is 26.7 Å². The SMILES string of the molecule is C[C@H](Oc1nc2c(F)c(-c3cccc(Cl)c3Cl)ncc2c2c1cc(C1CCCN1C(=O)O)n2[C@H]1[C@H]2CN[C@@H]1C2)C1CCCN1C. The first-order valence-corrected chi connectivity index (χ1v) is 16.6. The molecule has 9 rings (SSSR count). The molecule has 1 amide bonds. The Balaban J connectivity index is 1.39. The van der Waals surface area contributed by atoms with Crippen LogP contribution in [0.3, 0.4) is 0 Å². The van der Waals surface area contributed by atoms with Crippen molar-refractivity contribution in [2.24, 2.45) is 5.92 Å². The second-order valence-electron chi connectivity index (χ2n) is 13.1. The van der Waals surface area contributed by atoms with Crippen LogP contribution in [0.1, 0.15) is 56.8 Å². The summed E-state index contributed by atoms with van der Waals surface area (Å²) in [4.78, 5) is 25.7. The number of pyridine rings is 2. The second kappa shape index (κ2) is 11.0. The molecule has 2 N–H and O–H groups in total. The van der Waals surface area contributed by atoms with Gasteiger partial charge in [-0.15, -0.1) is 0 Å². The summed E-state index contributed by atoms with van der Waals surface area (Å²) in [5.74, 6) is 0.133. The van der Waals surface area contributed by atoms with Gasteiger partial charge in [-0.25, -0.2) is 14.2 Å². The van der Waals surface area contributed by atoms with Gasteiger partial charge in [0.15, 0.2) is 5.82 Å². The van der Waals surface area contributed by atoms with Gasteiger partial charge in [0.25, 0.3) is 0 Å². The number of aromatic nitrogens is 3. The molecule has 5 aliphatic rings. The van der Waals surface area contributed by atoms with E-state index >= 15 is 4.39 Å². The zero-order valence-electron chi connectivity index (χ0n) is 25.1. The Morgan fingerprint density at radius 2 is 2.02 bits per heavy atom. The fourth-order valence-electron chi connectivity index (χ4n) is 8.37. The van der Waals surface area contributed by atoms with Gasteiger partial charge >= 0.3 is 6.09 Å². The van der Waals surface area contributed by atoms with Crippen LogP contribution in [0.25, 0.3) is 33.1 Å². The topological polar surface area (TPSA) is 95.8 Å². The number of halogens is 3. The van der Waals surface area contributed by atoms with Crippen molar-refractivity contribution in [3.05, 3.63) is 52.0 Å². The van der Waals surface area contributed by atoms with Gasteiger partial charge in [0.2, 0.25) is 5.88 Å². The van der Waals surface area contributed by atoms with Gasteiger partial charge < -0.3 is 19.7 Å². The molecule has 12 heteroatoms. The molecule has 6 atom stereocenters. The summed E-state index contributed by atoms with van der Waals surface area (Å²) in [5.41, 5.74) is 2.27. The van der Waals surface area contributed by atoms with Crippen LogP contribution in [0.2, 0.25) is 10.0 Å². The first-order chi connectivity index (χ1) is 21.7. The minimum Gasteiger partial charge on any atom is -0.472 e. The number of carbonyl (C=O) groups is 1. The van der Waals surface area contributed by atoms with Crippen molar-refractivity contribution in [1.29, 1.82) is 0 Å².